The average Bonchev–Trinajstić information content (AvgIpc) is 2.32. The monoisotopic (exact) mass is 228 g/mol. The van der Waals surface area contributed by atoms with Crippen LogP contribution >= 0.6 is 0 Å². The lowest BCUT2D eigenvalue weighted by Gasteiger charge is -2.20. The Morgan fingerprint density at radius 2 is 1.50 bits per heavy atom. The molecule has 2 heteroatoms. The van der Waals surface area contributed by atoms with E-state index in [0.717, 1.165) is 6.54 Å². The lowest BCUT2D eigenvalue weighted by Crippen LogP contribution is -2.33. The minimum absolute atomic E-state index is 1.16. The van der Waals surface area contributed by atoms with Gasteiger partial charge in [-0.25, -0.2) is 0 Å². The van der Waals surface area contributed by atoms with Crippen molar-refractivity contribution in [3.63, 3.8) is 0 Å². The second-order valence-corrected chi connectivity index (χ2v) is 4.60. The highest BCUT2D eigenvalue weighted by Crippen LogP contribution is 1.97. The molecule has 0 rings (SSSR count). The summed E-state index contributed by atoms with van der Waals surface area (Å²) >= 11 is 0. The van der Waals surface area contributed by atoms with Crippen molar-refractivity contribution >= 4 is 0 Å². The molecule has 0 aromatic rings. The first kappa shape index (κ1) is 15.9. The van der Waals surface area contributed by atoms with Crippen molar-refractivity contribution in [2.24, 2.45) is 0 Å². The Balaban J connectivity index is 3.20. The lowest BCUT2D eigenvalue weighted by atomic mass is 10.2. The van der Waals surface area contributed by atoms with Gasteiger partial charge in [-0.15, -0.1) is 0 Å². The van der Waals surface area contributed by atoms with Crippen molar-refractivity contribution < 1.29 is 0 Å². The van der Waals surface area contributed by atoms with Crippen LogP contribution in [0.2, 0.25) is 0 Å². The summed E-state index contributed by atoms with van der Waals surface area (Å²) in [5, 5.41) is 3.54. The van der Waals surface area contributed by atoms with Crippen LogP contribution in [-0.4, -0.2) is 37.6 Å². The van der Waals surface area contributed by atoms with Gasteiger partial charge < -0.3 is 10.2 Å². The van der Waals surface area contributed by atoms with Gasteiger partial charge in [0, 0.05) is 13.1 Å². The Labute approximate surface area is 103 Å². The zero-order valence-electron chi connectivity index (χ0n) is 11.7. The van der Waals surface area contributed by atoms with Crippen LogP contribution in [0.1, 0.15) is 59.3 Å². The number of likely N-dealkylation sites (N-methyl/N-ethyl adjacent to an activating group) is 1. The molecule has 0 fully saturated rings. The molecule has 0 aromatic carbocycles. The van der Waals surface area contributed by atoms with Crippen LogP contribution in [-0.2, 0) is 0 Å². The standard InChI is InChI=1S/C14H32N2/c1-4-7-9-10-11-15-12-14-16(6-3)13-8-5-2/h15H,4-14H2,1-3H3. The summed E-state index contributed by atoms with van der Waals surface area (Å²) in [6.45, 7) is 12.8. The van der Waals surface area contributed by atoms with Gasteiger partial charge in [-0.05, 0) is 32.5 Å². The van der Waals surface area contributed by atoms with Gasteiger partial charge in [0.05, 0.1) is 0 Å². The third-order valence-corrected chi connectivity index (χ3v) is 3.09. The van der Waals surface area contributed by atoms with Gasteiger partial charge in [0.15, 0.2) is 0 Å². The smallest absolute Gasteiger partial charge is 0.0107 e. The molecular formula is C14H32N2. The molecule has 2 nitrogen and oxygen atoms in total. The number of nitrogens with zero attached hydrogens (tertiary/aromatic N) is 1. The van der Waals surface area contributed by atoms with Gasteiger partial charge in [0.2, 0.25) is 0 Å². The molecule has 0 atom stereocenters. The third kappa shape index (κ3) is 10.4. The van der Waals surface area contributed by atoms with Crippen LogP contribution in [0.15, 0.2) is 0 Å². The van der Waals surface area contributed by atoms with E-state index in [9.17, 15) is 0 Å². The van der Waals surface area contributed by atoms with Crippen LogP contribution < -0.4 is 5.32 Å². The number of unbranched alkanes of at least 4 members (excludes halogenated alkanes) is 4. The molecule has 98 valence electrons. The van der Waals surface area contributed by atoms with Crippen molar-refractivity contribution in [1.29, 1.82) is 0 Å². The second kappa shape index (κ2) is 13.0. The summed E-state index contributed by atoms with van der Waals surface area (Å²) in [6.07, 6.45) is 8.09. The quantitative estimate of drug-likeness (QED) is 0.516. The summed E-state index contributed by atoms with van der Waals surface area (Å²) in [5.74, 6) is 0. The highest BCUT2D eigenvalue weighted by atomic mass is 15.1. The van der Waals surface area contributed by atoms with E-state index in [2.05, 4.69) is 31.0 Å². The number of hydrogen-bond acceptors (Lipinski definition) is 2. The van der Waals surface area contributed by atoms with E-state index in [-0.39, 0.29) is 0 Å². The summed E-state index contributed by atoms with van der Waals surface area (Å²) in [4.78, 5) is 2.54. The molecule has 16 heavy (non-hydrogen) atoms. The molecule has 0 radical (unpaired) electrons. The van der Waals surface area contributed by atoms with E-state index in [1.54, 1.807) is 0 Å². The van der Waals surface area contributed by atoms with Crippen LogP contribution in [0.4, 0.5) is 0 Å². The molecule has 0 aliphatic rings. The summed E-state index contributed by atoms with van der Waals surface area (Å²) in [6, 6.07) is 0. The van der Waals surface area contributed by atoms with Gasteiger partial charge >= 0.3 is 0 Å². The van der Waals surface area contributed by atoms with Gasteiger partial charge in [-0.3, -0.25) is 0 Å². The first-order chi connectivity index (χ1) is 7.85. The van der Waals surface area contributed by atoms with Crippen LogP contribution in [0.3, 0.4) is 0 Å². The number of hydrogen-bond donors (Lipinski definition) is 1. The molecule has 0 saturated heterocycles. The molecule has 0 spiro atoms. The Morgan fingerprint density at radius 1 is 0.750 bits per heavy atom. The Kier molecular flexibility index (Phi) is 12.9. The van der Waals surface area contributed by atoms with E-state index in [1.165, 1.54) is 64.7 Å². The fourth-order valence-electron chi connectivity index (χ4n) is 1.85. The largest absolute Gasteiger partial charge is 0.315 e. The van der Waals surface area contributed by atoms with Gasteiger partial charge in [0.1, 0.15) is 0 Å². The fraction of sp³-hybridized carbons (Fsp3) is 1.00. The zero-order valence-corrected chi connectivity index (χ0v) is 11.7. The van der Waals surface area contributed by atoms with Crippen molar-refractivity contribution in [1.82, 2.24) is 10.2 Å². The maximum atomic E-state index is 3.54. The van der Waals surface area contributed by atoms with Gasteiger partial charge in [-0.2, -0.15) is 0 Å². The number of rotatable bonds is 12. The molecule has 0 aromatic heterocycles. The summed E-state index contributed by atoms with van der Waals surface area (Å²) in [7, 11) is 0. The van der Waals surface area contributed by atoms with Crippen LogP contribution in [0, 0.1) is 0 Å². The molecule has 0 heterocycles. The maximum absolute atomic E-state index is 3.54. The van der Waals surface area contributed by atoms with E-state index in [4.69, 9.17) is 0 Å². The molecule has 0 amide bonds. The summed E-state index contributed by atoms with van der Waals surface area (Å²) in [5.41, 5.74) is 0. The average molecular weight is 228 g/mol. The van der Waals surface area contributed by atoms with E-state index < -0.39 is 0 Å². The van der Waals surface area contributed by atoms with E-state index >= 15 is 0 Å². The molecule has 0 aliphatic heterocycles. The fourth-order valence-corrected chi connectivity index (χ4v) is 1.85. The SMILES string of the molecule is CCCCCCNCCN(CC)CCCC. The third-order valence-electron chi connectivity index (χ3n) is 3.09. The van der Waals surface area contributed by atoms with E-state index in [1.807, 2.05) is 0 Å². The van der Waals surface area contributed by atoms with Crippen molar-refractivity contribution in [3.05, 3.63) is 0 Å². The predicted molar refractivity (Wildman–Crippen MR) is 74.0 cm³/mol. The highest BCUT2D eigenvalue weighted by molar-refractivity contribution is 4.58. The minimum atomic E-state index is 1.16. The zero-order chi connectivity index (χ0) is 12.1. The maximum Gasteiger partial charge on any atom is 0.0107 e. The number of nitrogens with one attached hydrogen (secondary N) is 1. The van der Waals surface area contributed by atoms with Crippen molar-refractivity contribution in [2.45, 2.75) is 59.3 Å². The first-order valence-electron chi connectivity index (χ1n) is 7.28. The predicted octanol–water partition coefficient (Wildman–Crippen LogP) is 3.28. The molecule has 0 unspecified atom stereocenters. The molecule has 0 saturated carbocycles. The minimum Gasteiger partial charge on any atom is -0.315 e. The van der Waals surface area contributed by atoms with Crippen LogP contribution in [0.5, 0.6) is 0 Å². The Morgan fingerprint density at radius 3 is 2.12 bits per heavy atom. The summed E-state index contributed by atoms with van der Waals surface area (Å²) < 4.78 is 0. The second-order valence-electron chi connectivity index (χ2n) is 4.60. The molecule has 1 N–H and O–H groups in total. The molecule has 0 bridgehead atoms. The molecular weight excluding hydrogens is 196 g/mol. The Bertz CT molecular complexity index is 126. The molecule has 0 aliphatic carbocycles. The van der Waals surface area contributed by atoms with Crippen molar-refractivity contribution in [2.75, 3.05) is 32.7 Å². The van der Waals surface area contributed by atoms with Crippen molar-refractivity contribution in [3.8, 4) is 0 Å². The van der Waals surface area contributed by atoms with Crippen LogP contribution in [0.25, 0.3) is 0 Å². The highest BCUT2D eigenvalue weighted by Gasteiger charge is 1.99. The Hall–Kier alpha value is -0.0800. The normalized spacial score (nSPS) is 11.2. The van der Waals surface area contributed by atoms with E-state index in [0.29, 0.717) is 0 Å². The topological polar surface area (TPSA) is 15.3 Å². The first-order valence-corrected chi connectivity index (χ1v) is 7.28. The van der Waals surface area contributed by atoms with Gasteiger partial charge in [-0.1, -0.05) is 46.5 Å². The lowest BCUT2D eigenvalue weighted by molar-refractivity contribution is 0.282. The van der Waals surface area contributed by atoms with Gasteiger partial charge in [0.25, 0.3) is 0 Å².